The largest absolute Gasteiger partial charge is 0.497 e. The lowest BCUT2D eigenvalue weighted by molar-refractivity contribution is 0.404. The summed E-state index contributed by atoms with van der Waals surface area (Å²) in [4.78, 5) is 7.99. The van der Waals surface area contributed by atoms with Crippen LogP contribution in [0.3, 0.4) is 0 Å². The molecule has 0 bridgehead atoms. The Labute approximate surface area is 104 Å². The van der Waals surface area contributed by atoms with Gasteiger partial charge in [-0.25, -0.2) is 9.97 Å². The Morgan fingerprint density at radius 3 is 2.59 bits per heavy atom. The van der Waals surface area contributed by atoms with E-state index in [4.69, 9.17) is 21.1 Å². The summed E-state index contributed by atoms with van der Waals surface area (Å²) in [6.45, 7) is 0. The molecule has 2 rings (SSSR count). The first-order valence-corrected chi connectivity index (χ1v) is 5.33. The standard InChI is InChI=1S/C12H11ClN2O2/c1-16-8-3-4-11(17-2)9(7-8)10-5-6-14-12(13)15-10/h3-7H,1-2H3. The molecule has 4 nitrogen and oxygen atoms in total. The van der Waals surface area contributed by atoms with Gasteiger partial charge >= 0.3 is 0 Å². The number of aromatic nitrogens is 2. The van der Waals surface area contributed by atoms with Crippen molar-refractivity contribution in [3.8, 4) is 22.8 Å². The Morgan fingerprint density at radius 1 is 1.12 bits per heavy atom. The van der Waals surface area contributed by atoms with Crippen LogP contribution in [-0.2, 0) is 0 Å². The van der Waals surface area contributed by atoms with Crippen LogP contribution in [0.4, 0.5) is 0 Å². The average molecular weight is 251 g/mol. The Morgan fingerprint density at radius 2 is 1.94 bits per heavy atom. The first-order chi connectivity index (χ1) is 8.24. The molecule has 0 N–H and O–H groups in total. The summed E-state index contributed by atoms with van der Waals surface area (Å²) in [6, 6.07) is 7.26. The van der Waals surface area contributed by atoms with Crippen LogP contribution in [0, 0.1) is 0 Å². The second kappa shape index (κ2) is 5.01. The number of hydrogen-bond acceptors (Lipinski definition) is 4. The molecule has 17 heavy (non-hydrogen) atoms. The lowest BCUT2D eigenvalue weighted by atomic mass is 10.1. The minimum absolute atomic E-state index is 0.201. The molecular weight excluding hydrogens is 240 g/mol. The molecule has 0 aliphatic heterocycles. The Kier molecular flexibility index (Phi) is 3.44. The van der Waals surface area contributed by atoms with Crippen LogP contribution in [0.5, 0.6) is 11.5 Å². The summed E-state index contributed by atoms with van der Waals surface area (Å²) in [6.07, 6.45) is 1.60. The number of nitrogens with zero attached hydrogens (tertiary/aromatic N) is 2. The third-order valence-electron chi connectivity index (χ3n) is 2.31. The van der Waals surface area contributed by atoms with Gasteiger partial charge in [0, 0.05) is 11.8 Å². The van der Waals surface area contributed by atoms with Crippen LogP contribution in [-0.4, -0.2) is 24.2 Å². The Balaban J connectivity index is 2.56. The maximum absolute atomic E-state index is 5.77. The molecule has 0 unspecified atom stereocenters. The topological polar surface area (TPSA) is 44.2 Å². The van der Waals surface area contributed by atoms with E-state index in [9.17, 15) is 0 Å². The minimum atomic E-state index is 0.201. The first kappa shape index (κ1) is 11.7. The number of halogens is 1. The lowest BCUT2D eigenvalue weighted by Gasteiger charge is -2.09. The van der Waals surface area contributed by atoms with E-state index < -0.39 is 0 Å². The van der Waals surface area contributed by atoms with Gasteiger partial charge in [0.15, 0.2) is 0 Å². The third kappa shape index (κ3) is 2.47. The molecule has 0 fully saturated rings. The van der Waals surface area contributed by atoms with Gasteiger partial charge < -0.3 is 9.47 Å². The normalized spacial score (nSPS) is 10.1. The Bertz CT molecular complexity index is 532. The van der Waals surface area contributed by atoms with Crippen molar-refractivity contribution in [3.63, 3.8) is 0 Å². The van der Waals surface area contributed by atoms with Crippen molar-refractivity contribution in [1.29, 1.82) is 0 Å². The first-order valence-electron chi connectivity index (χ1n) is 4.95. The predicted molar refractivity (Wildman–Crippen MR) is 65.6 cm³/mol. The zero-order valence-electron chi connectivity index (χ0n) is 9.48. The van der Waals surface area contributed by atoms with E-state index in [1.54, 1.807) is 26.5 Å². The number of benzene rings is 1. The zero-order chi connectivity index (χ0) is 12.3. The summed E-state index contributed by atoms with van der Waals surface area (Å²) in [5, 5.41) is 0.201. The minimum Gasteiger partial charge on any atom is -0.497 e. The van der Waals surface area contributed by atoms with Crippen LogP contribution in [0.1, 0.15) is 0 Å². The van der Waals surface area contributed by atoms with E-state index >= 15 is 0 Å². The number of rotatable bonds is 3. The fraction of sp³-hybridized carbons (Fsp3) is 0.167. The van der Waals surface area contributed by atoms with Crippen molar-refractivity contribution in [2.75, 3.05) is 14.2 Å². The summed E-state index contributed by atoms with van der Waals surface area (Å²) in [5.41, 5.74) is 1.51. The lowest BCUT2D eigenvalue weighted by Crippen LogP contribution is -1.93. The number of ether oxygens (including phenoxy) is 2. The van der Waals surface area contributed by atoms with Crippen molar-refractivity contribution in [2.45, 2.75) is 0 Å². The fourth-order valence-corrected chi connectivity index (χ4v) is 1.65. The summed E-state index contributed by atoms with van der Waals surface area (Å²) in [5.74, 6) is 1.44. The van der Waals surface area contributed by atoms with Crippen LogP contribution in [0.25, 0.3) is 11.3 Å². The number of hydrogen-bond donors (Lipinski definition) is 0. The highest BCUT2D eigenvalue weighted by atomic mass is 35.5. The average Bonchev–Trinajstić information content (AvgIpc) is 2.38. The maximum Gasteiger partial charge on any atom is 0.222 e. The quantitative estimate of drug-likeness (QED) is 0.786. The van der Waals surface area contributed by atoms with E-state index in [0.29, 0.717) is 11.4 Å². The molecule has 1 aromatic carbocycles. The molecule has 0 aliphatic carbocycles. The molecule has 0 aliphatic rings. The van der Waals surface area contributed by atoms with E-state index in [0.717, 1.165) is 11.3 Å². The highest BCUT2D eigenvalue weighted by molar-refractivity contribution is 6.28. The van der Waals surface area contributed by atoms with Gasteiger partial charge in [0.05, 0.1) is 19.9 Å². The van der Waals surface area contributed by atoms with Crippen LogP contribution in [0.15, 0.2) is 30.5 Å². The van der Waals surface area contributed by atoms with Gasteiger partial charge in [-0.2, -0.15) is 0 Å². The Hall–Kier alpha value is -1.81. The van der Waals surface area contributed by atoms with E-state index in [-0.39, 0.29) is 5.28 Å². The SMILES string of the molecule is COc1ccc(OC)c(-c2ccnc(Cl)n2)c1. The molecule has 5 heteroatoms. The monoisotopic (exact) mass is 250 g/mol. The van der Waals surface area contributed by atoms with Crippen LogP contribution < -0.4 is 9.47 Å². The van der Waals surface area contributed by atoms with Crippen molar-refractivity contribution in [1.82, 2.24) is 9.97 Å². The zero-order valence-corrected chi connectivity index (χ0v) is 10.2. The summed E-state index contributed by atoms with van der Waals surface area (Å²) >= 11 is 5.77. The fourth-order valence-electron chi connectivity index (χ4n) is 1.50. The van der Waals surface area contributed by atoms with Crippen molar-refractivity contribution < 1.29 is 9.47 Å². The molecule has 1 aromatic heterocycles. The van der Waals surface area contributed by atoms with Gasteiger partial charge in [-0.15, -0.1) is 0 Å². The van der Waals surface area contributed by atoms with Crippen LogP contribution >= 0.6 is 11.6 Å². The van der Waals surface area contributed by atoms with E-state index in [1.165, 1.54) is 0 Å². The van der Waals surface area contributed by atoms with Gasteiger partial charge in [0.2, 0.25) is 5.28 Å². The summed E-state index contributed by atoms with van der Waals surface area (Å²) in [7, 11) is 3.21. The molecule has 1 heterocycles. The predicted octanol–water partition coefficient (Wildman–Crippen LogP) is 2.81. The number of methoxy groups -OCH3 is 2. The smallest absolute Gasteiger partial charge is 0.222 e. The van der Waals surface area contributed by atoms with Gasteiger partial charge in [-0.3, -0.25) is 0 Å². The van der Waals surface area contributed by atoms with Gasteiger partial charge in [0.1, 0.15) is 11.5 Å². The molecule has 0 atom stereocenters. The van der Waals surface area contributed by atoms with Gasteiger partial charge in [-0.05, 0) is 35.9 Å². The van der Waals surface area contributed by atoms with Crippen molar-refractivity contribution >= 4 is 11.6 Å². The molecule has 0 radical (unpaired) electrons. The highest BCUT2D eigenvalue weighted by Crippen LogP contribution is 2.32. The second-order valence-electron chi connectivity index (χ2n) is 3.28. The van der Waals surface area contributed by atoms with E-state index in [1.807, 2.05) is 18.2 Å². The van der Waals surface area contributed by atoms with E-state index in [2.05, 4.69) is 9.97 Å². The molecule has 0 saturated heterocycles. The maximum atomic E-state index is 5.77. The summed E-state index contributed by atoms with van der Waals surface area (Å²) < 4.78 is 10.5. The van der Waals surface area contributed by atoms with Crippen molar-refractivity contribution in [3.05, 3.63) is 35.7 Å². The van der Waals surface area contributed by atoms with Crippen LogP contribution in [0.2, 0.25) is 5.28 Å². The van der Waals surface area contributed by atoms with Gasteiger partial charge in [0.25, 0.3) is 0 Å². The molecular formula is C12H11ClN2O2. The van der Waals surface area contributed by atoms with Crippen molar-refractivity contribution in [2.24, 2.45) is 0 Å². The molecule has 2 aromatic rings. The molecule has 0 amide bonds. The molecule has 0 saturated carbocycles. The third-order valence-corrected chi connectivity index (χ3v) is 2.49. The van der Waals surface area contributed by atoms with Gasteiger partial charge in [-0.1, -0.05) is 0 Å². The molecule has 88 valence electrons. The highest BCUT2D eigenvalue weighted by Gasteiger charge is 2.09. The second-order valence-corrected chi connectivity index (χ2v) is 3.62. The molecule has 0 spiro atoms.